The van der Waals surface area contributed by atoms with Crippen LogP contribution in [0.5, 0.6) is 0 Å². The molecule has 0 unspecified atom stereocenters. The van der Waals surface area contributed by atoms with Crippen molar-refractivity contribution in [3.63, 3.8) is 0 Å². The van der Waals surface area contributed by atoms with E-state index < -0.39 is 0 Å². The molecule has 0 radical (unpaired) electrons. The van der Waals surface area contributed by atoms with Crippen molar-refractivity contribution in [2.45, 2.75) is 20.8 Å². The lowest BCUT2D eigenvalue weighted by Gasteiger charge is -2.11. The molecule has 0 amide bonds. The summed E-state index contributed by atoms with van der Waals surface area (Å²) in [4.78, 5) is 8.06. The molecule has 0 bridgehead atoms. The van der Waals surface area contributed by atoms with E-state index >= 15 is 0 Å². The molecule has 0 atom stereocenters. The van der Waals surface area contributed by atoms with Crippen molar-refractivity contribution in [1.29, 1.82) is 0 Å². The summed E-state index contributed by atoms with van der Waals surface area (Å²) in [7, 11) is 0. The topological polar surface area (TPSA) is 24.7 Å². The van der Waals surface area contributed by atoms with E-state index in [1.165, 1.54) is 0 Å². The zero-order valence-corrected chi connectivity index (χ0v) is 6.63. The van der Waals surface area contributed by atoms with Crippen LogP contribution in [0.25, 0.3) is 0 Å². The lowest BCUT2D eigenvalue weighted by atomic mass is 9.94. The van der Waals surface area contributed by atoms with E-state index in [9.17, 15) is 0 Å². The third kappa shape index (κ3) is 1.79. The molecule has 0 aromatic carbocycles. The molecule has 1 aliphatic heterocycles. The molecule has 0 fully saturated rings. The Morgan fingerprint density at radius 3 is 2.80 bits per heavy atom. The molecule has 0 saturated carbocycles. The first-order chi connectivity index (χ1) is 4.60. The first-order valence-corrected chi connectivity index (χ1v) is 3.36. The molecule has 0 aliphatic carbocycles. The van der Waals surface area contributed by atoms with Crippen molar-refractivity contribution in [3.8, 4) is 0 Å². The van der Waals surface area contributed by atoms with Gasteiger partial charge >= 0.3 is 0 Å². The third-order valence-corrected chi connectivity index (χ3v) is 1.32. The van der Waals surface area contributed by atoms with Crippen LogP contribution in [0.2, 0.25) is 0 Å². The van der Waals surface area contributed by atoms with Gasteiger partial charge in [-0.2, -0.15) is 0 Å². The predicted molar refractivity (Wildman–Crippen MR) is 44.5 cm³/mol. The van der Waals surface area contributed by atoms with Crippen LogP contribution in [-0.4, -0.2) is 12.6 Å². The average Bonchev–Trinajstić information content (AvgIpc) is 1.90. The lowest BCUT2D eigenvalue weighted by molar-refractivity contribution is 0.689. The van der Waals surface area contributed by atoms with E-state index in [4.69, 9.17) is 0 Å². The Bertz CT molecular complexity index is 209. The second kappa shape index (κ2) is 2.37. The Morgan fingerprint density at radius 1 is 1.40 bits per heavy atom. The minimum absolute atomic E-state index is 0.0561. The molecule has 10 heavy (non-hydrogen) atoms. The number of nitrogens with zero attached hydrogens (tertiary/aromatic N) is 2. The van der Waals surface area contributed by atoms with Crippen molar-refractivity contribution in [2.24, 2.45) is 15.4 Å². The Morgan fingerprint density at radius 2 is 2.10 bits per heavy atom. The van der Waals surface area contributed by atoms with Crippen LogP contribution < -0.4 is 0 Å². The zero-order valence-electron chi connectivity index (χ0n) is 6.63. The van der Waals surface area contributed by atoms with Gasteiger partial charge in [-0.3, -0.25) is 0 Å². The second-order valence-corrected chi connectivity index (χ2v) is 3.13. The summed E-state index contributed by atoms with van der Waals surface area (Å²) in [6.07, 6.45) is 5.58. The van der Waals surface area contributed by atoms with Crippen LogP contribution >= 0.6 is 0 Å². The summed E-state index contributed by atoms with van der Waals surface area (Å²) in [6.45, 7) is 6.19. The summed E-state index contributed by atoms with van der Waals surface area (Å²) in [5.41, 5.74) is 1.09. The molecule has 0 saturated heterocycles. The average molecular weight is 136 g/mol. The standard InChI is InChI=1S/C8H12N2/c1-7-4-8(2,3)5-9-6-10-7/h4-6H,1-3H3. The molecular formula is C8H12N2. The highest BCUT2D eigenvalue weighted by molar-refractivity contribution is 5.79. The highest BCUT2D eigenvalue weighted by Gasteiger charge is 2.11. The normalized spacial score (nSPS) is 22.1. The smallest absolute Gasteiger partial charge is 0.115 e. The molecule has 1 rings (SSSR count). The van der Waals surface area contributed by atoms with Gasteiger partial charge in [-0.1, -0.05) is 19.9 Å². The van der Waals surface area contributed by atoms with Crippen molar-refractivity contribution in [2.75, 3.05) is 0 Å². The zero-order chi connectivity index (χ0) is 7.61. The molecule has 1 heterocycles. The van der Waals surface area contributed by atoms with Gasteiger partial charge in [0, 0.05) is 17.3 Å². The van der Waals surface area contributed by atoms with E-state index in [2.05, 4.69) is 29.9 Å². The highest BCUT2D eigenvalue weighted by Crippen LogP contribution is 2.18. The SMILES string of the molecule is CC1=CC(C)(C)C=NC=N1. The van der Waals surface area contributed by atoms with Crippen LogP contribution in [0.3, 0.4) is 0 Å². The first kappa shape index (κ1) is 7.19. The Kier molecular flexibility index (Phi) is 1.70. The number of allylic oxidation sites excluding steroid dienone is 2. The van der Waals surface area contributed by atoms with Crippen LogP contribution in [0.15, 0.2) is 21.8 Å². The monoisotopic (exact) mass is 136 g/mol. The summed E-state index contributed by atoms with van der Waals surface area (Å²) in [5, 5.41) is 0. The number of rotatable bonds is 0. The van der Waals surface area contributed by atoms with E-state index in [1.807, 2.05) is 13.1 Å². The Labute approximate surface area is 61.4 Å². The maximum Gasteiger partial charge on any atom is 0.115 e. The van der Waals surface area contributed by atoms with Gasteiger partial charge < -0.3 is 0 Å². The molecule has 1 aliphatic rings. The van der Waals surface area contributed by atoms with Crippen LogP contribution in [0, 0.1) is 5.41 Å². The van der Waals surface area contributed by atoms with Crippen molar-refractivity contribution >= 4 is 12.6 Å². The molecule has 0 aromatic rings. The molecule has 2 heteroatoms. The van der Waals surface area contributed by atoms with Crippen LogP contribution in [0.1, 0.15) is 20.8 Å². The molecule has 2 nitrogen and oxygen atoms in total. The van der Waals surface area contributed by atoms with Gasteiger partial charge in [-0.15, -0.1) is 0 Å². The minimum Gasteiger partial charge on any atom is -0.248 e. The summed E-state index contributed by atoms with van der Waals surface area (Å²) in [5.74, 6) is 0. The maximum absolute atomic E-state index is 4.06. The molecule has 54 valence electrons. The Balaban J connectivity index is 2.93. The number of hydrogen-bond acceptors (Lipinski definition) is 2. The van der Waals surface area contributed by atoms with E-state index in [0.717, 1.165) is 5.70 Å². The largest absolute Gasteiger partial charge is 0.248 e. The van der Waals surface area contributed by atoms with E-state index in [1.54, 1.807) is 6.34 Å². The van der Waals surface area contributed by atoms with Crippen molar-refractivity contribution in [3.05, 3.63) is 11.8 Å². The van der Waals surface area contributed by atoms with Crippen LogP contribution in [-0.2, 0) is 0 Å². The van der Waals surface area contributed by atoms with E-state index in [0.29, 0.717) is 0 Å². The summed E-state index contributed by atoms with van der Waals surface area (Å²) in [6, 6.07) is 0. The predicted octanol–water partition coefficient (Wildman–Crippen LogP) is 2.03. The van der Waals surface area contributed by atoms with E-state index in [-0.39, 0.29) is 5.41 Å². The third-order valence-electron chi connectivity index (χ3n) is 1.32. The van der Waals surface area contributed by atoms with Gasteiger partial charge in [0.1, 0.15) is 6.34 Å². The van der Waals surface area contributed by atoms with Gasteiger partial charge in [-0.25, -0.2) is 9.98 Å². The first-order valence-electron chi connectivity index (χ1n) is 3.36. The van der Waals surface area contributed by atoms with Gasteiger partial charge in [0.05, 0.1) is 0 Å². The molecule has 0 N–H and O–H groups in total. The Hall–Kier alpha value is -0.920. The number of aliphatic imine (C=N–C) groups is 2. The van der Waals surface area contributed by atoms with Crippen molar-refractivity contribution in [1.82, 2.24) is 0 Å². The molecule has 0 spiro atoms. The van der Waals surface area contributed by atoms with Crippen molar-refractivity contribution < 1.29 is 0 Å². The highest BCUT2D eigenvalue weighted by atomic mass is 14.9. The summed E-state index contributed by atoms with van der Waals surface area (Å²) < 4.78 is 0. The second-order valence-electron chi connectivity index (χ2n) is 3.13. The van der Waals surface area contributed by atoms with Gasteiger partial charge in [0.2, 0.25) is 0 Å². The quantitative estimate of drug-likeness (QED) is 0.487. The lowest BCUT2D eigenvalue weighted by Crippen LogP contribution is -2.08. The fourth-order valence-corrected chi connectivity index (χ4v) is 0.963. The van der Waals surface area contributed by atoms with Gasteiger partial charge in [0.15, 0.2) is 0 Å². The molecular weight excluding hydrogens is 124 g/mol. The van der Waals surface area contributed by atoms with Gasteiger partial charge in [0.25, 0.3) is 0 Å². The fourth-order valence-electron chi connectivity index (χ4n) is 0.963. The van der Waals surface area contributed by atoms with Gasteiger partial charge in [-0.05, 0) is 6.92 Å². The molecule has 0 aromatic heterocycles. The minimum atomic E-state index is 0.0561. The van der Waals surface area contributed by atoms with Crippen LogP contribution in [0.4, 0.5) is 0 Å². The fraction of sp³-hybridized carbons (Fsp3) is 0.500. The summed E-state index contributed by atoms with van der Waals surface area (Å²) >= 11 is 0. The maximum atomic E-state index is 4.06. The number of hydrogen-bond donors (Lipinski definition) is 0.